The molecule has 0 aliphatic carbocycles. The number of aromatic amines is 1. The molecule has 1 saturated heterocycles. The highest BCUT2D eigenvalue weighted by Gasteiger charge is 2.26. The minimum atomic E-state index is -0.591. The first-order valence-electron chi connectivity index (χ1n) is 14.9. The van der Waals surface area contributed by atoms with E-state index >= 15 is 0 Å². The summed E-state index contributed by atoms with van der Waals surface area (Å²) in [4.78, 5) is 36.6. The van der Waals surface area contributed by atoms with Gasteiger partial charge in [-0.05, 0) is 48.8 Å². The maximum Gasteiger partial charge on any atom is 0.439 e. The van der Waals surface area contributed by atoms with Crippen molar-refractivity contribution >= 4 is 17.2 Å². The van der Waals surface area contributed by atoms with E-state index in [1.807, 2.05) is 53.1 Å². The van der Waals surface area contributed by atoms with Gasteiger partial charge in [0.15, 0.2) is 5.82 Å². The molecule has 42 heavy (non-hydrogen) atoms. The standard InChI is InChI=1S/C33H39N5O3S/c1-5-6-13-28-34-30(21(2)3)27(19-29(42)37-18-9-10-22(37)4)32(39)38(28)20-23-14-16-24(17-15-23)25-11-7-8-12-26(25)31-35-33(40)41-36-31/h7-8,11-12,14-17,21-22H,5-6,9-10,13,18-20H2,1-4H3,(H,35,36,40)/t22-/m0/s1. The van der Waals surface area contributed by atoms with Crippen LogP contribution in [-0.2, 0) is 19.4 Å². The van der Waals surface area contributed by atoms with Crippen molar-refractivity contribution < 1.29 is 4.52 Å². The Morgan fingerprint density at radius 3 is 2.48 bits per heavy atom. The lowest BCUT2D eigenvalue weighted by atomic mass is 9.98. The van der Waals surface area contributed by atoms with Gasteiger partial charge in [-0.3, -0.25) is 18.9 Å². The van der Waals surface area contributed by atoms with Gasteiger partial charge in [-0.1, -0.05) is 93.1 Å². The molecule has 1 fully saturated rings. The van der Waals surface area contributed by atoms with Gasteiger partial charge < -0.3 is 4.90 Å². The smallest absolute Gasteiger partial charge is 0.363 e. The maximum atomic E-state index is 14.2. The molecular weight excluding hydrogens is 546 g/mol. The SMILES string of the molecule is CCCCc1nc(C(C)C)c(CC(=S)N2CCC[C@@H]2C)c(=O)n1Cc1ccc(-c2ccccc2-c2noc(=O)[nH]2)cc1. The molecule has 0 amide bonds. The zero-order valence-electron chi connectivity index (χ0n) is 24.9. The normalized spacial score (nSPS) is 15.1. The molecule has 2 aromatic carbocycles. The molecule has 0 saturated carbocycles. The average molecular weight is 586 g/mol. The Balaban J connectivity index is 1.49. The zero-order valence-corrected chi connectivity index (χ0v) is 25.7. The van der Waals surface area contributed by atoms with Crippen LogP contribution in [0.2, 0.25) is 0 Å². The van der Waals surface area contributed by atoms with E-state index in [2.05, 4.69) is 42.7 Å². The van der Waals surface area contributed by atoms with Gasteiger partial charge in [0.25, 0.3) is 5.56 Å². The van der Waals surface area contributed by atoms with Crippen molar-refractivity contribution in [2.75, 3.05) is 6.54 Å². The summed E-state index contributed by atoms with van der Waals surface area (Å²) in [5.74, 6) is 0.753. The van der Waals surface area contributed by atoms with Gasteiger partial charge >= 0.3 is 5.76 Å². The quantitative estimate of drug-likeness (QED) is 0.224. The molecule has 3 heterocycles. The number of aryl methyl sites for hydroxylation is 1. The number of nitrogens with one attached hydrogen (secondary N) is 1. The van der Waals surface area contributed by atoms with Crippen molar-refractivity contribution in [1.29, 1.82) is 0 Å². The third-order valence-electron chi connectivity index (χ3n) is 8.10. The van der Waals surface area contributed by atoms with Crippen molar-refractivity contribution in [3.05, 3.63) is 92.1 Å². The minimum absolute atomic E-state index is 0.0124. The summed E-state index contributed by atoms with van der Waals surface area (Å²) < 4.78 is 6.58. The van der Waals surface area contributed by atoms with Crippen LogP contribution in [0.3, 0.4) is 0 Å². The molecule has 2 aromatic heterocycles. The minimum Gasteiger partial charge on any atom is -0.363 e. The summed E-state index contributed by atoms with van der Waals surface area (Å²) in [7, 11) is 0. The van der Waals surface area contributed by atoms with Crippen LogP contribution in [0, 0.1) is 0 Å². The van der Waals surface area contributed by atoms with Crippen molar-refractivity contribution in [3.8, 4) is 22.5 Å². The second kappa shape index (κ2) is 13.0. The Hall–Kier alpha value is -3.85. The molecule has 0 bridgehead atoms. The van der Waals surface area contributed by atoms with Gasteiger partial charge in [-0.25, -0.2) is 9.78 Å². The Morgan fingerprint density at radius 1 is 1.12 bits per heavy atom. The second-order valence-corrected chi connectivity index (χ2v) is 12.0. The van der Waals surface area contributed by atoms with Crippen molar-refractivity contribution in [1.82, 2.24) is 24.6 Å². The van der Waals surface area contributed by atoms with Gasteiger partial charge in [-0.2, -0.15) is 0 Å². The van der Waals surface area contributed by atoms with Crippen LogP contribution in [0.1, 0.15) is 81.9 Å². The fraction of sp³-hybridized carbons (Fsp3) is 0.424. The Labute approximate surface area is 251 Å². The number of aromatic nitrogens is 4. The first-order valence-corrected chi connectivity index (χ1v) is 15.3. The molecule has 1 atom stereocenters. The highest BCUT2D eigenvalue weighted by Crippen LogP contribution is 2.30. The molecule has 1 N–H and O–H groups in total. The molecule has 4 aromatic rings. The van der Waals surface area contributed by atoms with Crippen molar-refractivity contribution in [3.63, 3.8) is 0 Å². The van der Waals surface area contributed by atoms with E-state index in [9.17, 15) is 9.59 Å². The van der Waals surface area contributed by atoms with Crippen LogP contribution >= 0.6 is 12.2 Å². The summed E-state index contributed by atoms with van der Waals surface area (Å²) >= 11 is 5.88. The van der Waals surface area contributed by atoms with Crippen LogP contribution in [0.4, 0.5) is 0 Å². The van der Waals surface area contributed by atoms with E-state index in [0.29, 0.717) is 24.8 Å². The monoisotopic (exact) mass is 585 g/mol. The van der Waals surface area contributed by atoms with Crippen LogP contribution < -0.4 is 11.3 Å². The third kappa shape index (κ3) is 6.31. The molecular formula is C33H39N5O3S. The van der Waals surface area contributed by atoms with Gasteiger partial charge in [0.2, 0.25) is 0 Å². The van der Waals surface area contributed by atoms with E-state index in [4.69, 9.17) is 21.7 Å². The fourth-order valence-corrected chi connectivity index (χ4v) is 6.22. The second-order valence-electron chi connectivity index (χ2n) is 11.5. The van der Waals surface area contributed by atoms with Crippen LogP contribution in [-0.4, -0.2) is 42.2 Å². The predicted molar refractivity (Wildman–Crippen MR) is 170 cm³/mol. The van der Waals surface area contributed by atoms with E-state index in [-0.39, 0.29) is 11.5 Å². The first kappa shape index (κ1) is 29.6. The Morgan fingerprint density at radius 2 is 1.86 bits per heavy atom. The first-order chi connectivity index (χ1) is 20.3. The summed E-state index contributed by atoms with van der Waals surface area (Å²) in [6, 6.07) is 16.3. The van der Waals surface area contributed by atoms with Crippen LogP contribution in [0.5, 0.6) is 0 Å². The summed E-state index contributed by atoms with van der Waals surface area (Å²) in [6.45, 7) is 9.95. The number of thiocarbonyl (C=S) groups is 1. The molecule has 0 unspecified atom stereocenters. The van der Waals surface area contributed by atoms with Crippen molar-refractivity contribution in [2.24, 2.45) is 0 Å². The number of unbranched alkanes of at least 4 members (excludes halogenated alkanes) is 1. The largest absolute Gasteiger partial charge is 0.439 e. The fourth-order valence-electron chi connectivity index (χ4n) is 5.81. The molecule has 5 rings (SSSR count). The number of rotatable bonds is 10. The maximum absolute atomic E-state index is 14.2. The predicted octanol–water partition coefficient (Wildman–Crippen LogP) is 6.12. The highest BCUT2D eigenvalue weighted by atomic mass is 32.1. The summed E-state index contributed by atoms with van der Waals surface area (Å²) in [6.07, 6.45) is 5.46. The van der Waals surface area contributed by atoms with E-state index in [0.717, 1.165) is 83.0 Å². The average Bonchev–Trinajstić information content (AvgIpc) is 3.62. The number of H-pyrrole nitrogens is 1. The molecule has 1 aliphatic rings. The number of benzene rings is 2. The highest BCUT2D eigenvalue weighted by molar-refractivity contribution is 7.80. The lowest BCUT2D eigenvalue weighted by Gasteiger charge is -2.26. The number of hydrogen-bond donors (Lipinski definition) is 1. The molecule has 1 aliphatic heterocycles. The third-order valence-corrected chi connectivity index (χ3v) is 8.48. The number of nitrogens with zero attached hydrogens (tertiary/aromatic N) is 4. The van der Waals surface area contributed by atoms with Crippen LogP contribution in [0.15, 0.2) is 62.6 Å². The Bertz CT molecular complexity index is 1670. The van der Waals surface area contributed by atoms with E-state index in [1.165, 1.54) is 0 Å². The van der Waals surface area contributed by atoms with Gasteiger partial charge in [0, 0.05) is 36.6 Å². The Kier molecular flexibility index (Phi) is 9.16. The molecule has 0 radical (unpaired) electrons. The molecule has 0 spiro atoms. The topological polar surface area (TPSA) is 97.0 Å². The van der Waals surface area contributed by atoms with E-state index in [1.54, 1.807) is 0 Å². The van der Waals surface area contributed by atoms with Crippen molar-refractivity contribution in [2.45, 2.75) is 84.7 Å². The van der Waals surface area contributed by atoms with Gasteiger partial charge in [0.1, 0.15) is 5.82 Å². The van der Waals surface area contributed by atoms with E-state index < -0.39 is 5.76 Å². The van der Waals surface area contributed by atoms with Gasteiger partial charge in [-0.15, -0.1) is 0 Å². The lowest BCUT2D eigenvalue weighted by Crippen LogP contribution is -2.37. The van der Waals surface area contributed by atoms with Gasteiger partial charge in [0.05, 0.1) is 17.2 Å². The zero-order chi connectivity index (χ0) is 29.8. The number of likely N-dealkylation sites (tertiary alicyclic amines) is 1. The molecule has 220 valence electrons. The van der Waals surface area contributed by atoms with Crippen LogP contribution in [0.25, 0.3) is 22.5 Å². The molecule has 9 heteroatoms. The summed E-state index contributed by atoms with van der Waals surface area (Å²) in [5, 5.41) is 3.87. The molecule has 8 nitrogen and oxygen atoms in total. The number of hydrogen-bond acceptors (Lipinski definition) is 6. The summed E-state index contributed by atoms with van der Waals surface area (Å²) in [5.41, 5.74) is 5.27. The lowest BCUT2D eigenvalue weighted by molar-refractivity contribution is 0.388.